The normalized spacial score (nSPS) is 12.4. The van der Waals surface area contributed by atoms with Crippen molar-refractivity contribution in [1.29, 1.82) is 0 Å². The number of nitrogens with zero attached hydrogens (tertiary/aromatic N) is 2. The molecule has 2 rings (SSSR count). The van der Waals surface area contributed by atoms with Crippen LogP contribution in [0.2, 0.25) is 0 Å². The molecule has 3 nitrogen and oxygen atoms in total. The molecule has 0 fully saturated rings. The molecule has 2 N–H and O–H groups in total. The van der Waals surface area contributed by atoms with Gasteiger partial charge in [0.25, 0.3) is 0 Å². The molecular weight excluding hydrogens is 198 g/mol. The van der Waals surface area contributed by atoms with Crippen molar-refractivity contribution >= 4 is 0 Å². The molecule has 16 heavy (non-hydrogen) atoms. The highest BCUT2D eigenvalue weighted by Crippen LogP contribution is 2.21. The van der Waals surface area contributed by atoms with Crippen molar-refractivity contribution in [3.8, 4) is 0 Å². The van der Waals surface area contributed by atoms with Crippen LogP contribution in [0.15, 0.2) is 36.8 Å². The van der Waals surface area contributed by atoms with Gasteiger partial charge in [0.15, 0.2) is 0 Å². The Morgan fingerprint density at radius 2 is 2.00 bits per heavy atom. The first-order valence-corrected chi connectivity index (χ1v) is 5.27. The maximum Gasteiger partial charge on any atom is 0.0799 e. The van der Waals surface area contributed by atoms with Crippen LogP contribution in [0.3, 0.4) is 0 Å². The first-order valence-electron chi connectivity index (χ1n) is 5.27. The van der Waals surface area contributed by atoms with Gasteiger partial charge in [0.05, 0.1) is 17.9 Å². The average Bonchev–Trinajstić information content (AvgIpc) is 2.29. The van der Waals surface area contributed by atoms with Crippen molar-refractivity contribution in [2.45, 2.75) is 19.9 Å². The van der Waals surface area contributed by atoms with Crippen molar-refractivity contribution in [3.63, 3.8) is 0 Å². The van der Waals surface area contributed by atoms with E-state index < -0.39 is 0 Å². The predicted octanol–water partition coefficient (Wildman–Crippen LogP) is 2.14. The molecule has 1 atom stereocenters. The molecule has 0 amide bonds. The highest BCUT2D eigenvalue weighted by Gasteiger charge is 2.12. The second-order valence-electron chi connectivity index (χ2n) is 3.97. The first-order chi connectivity index (χ1) is 7.68. The number of aryl methyl sites for hydroxylation is 2. The van der Waals surface area contributed by atoms with Gasteiger partial charge in [-0.3, -0.25) is 9.97 Å². The van der Waals surface area contributed by atoms with E-state index in [9.17, 15) is 0 Å². The van der Waals surface area contributed by atoms with Crippen LogP contribution in [0.25, 0.3) is 0 Å². The summed E-state index contributed by atoms with van der Waals surface area (Å²) in [7, 11) is 0. The molecular formula is C13H15N3. The largest absolute Gasteiger partial charge is 0.319 e. The molecule has 3 heteroatoms. The van der Waals surface area contributed by atoms with E-state index >= 15 is 0 Å². The molecule has 0 saturated heterocycles. The molecule has 0 bridgehead atoms. The van der Waals surface area contributed by atoms with Crippen LogP contribution in [0, 0.1) is 13.8 Å². The zero-order chi connectivity index (χ0) is 11.5. The molecule has 1 heterocycles. The fraction of sp³-hybridized carbons (Fsp3) is 0.231. The number of nitrogens with two attached hydrogens (primary N) is 1. The minimum Gasteiger partial charge on any atom is -0.319 e. The Morgan fingerprint density at radius 1 is 1.19 bits per heavy atom. The summed E-state index contributed by atoms with van der Waals surface area (Å²) in [6.07, 6.45) is 5.03. The van der Waals surface area contributed by atoms with Crippen molar-refractivity contribution in [3.05, 3.63) is 59.2 Å². The molecule has 0 aliphatic heterocycles. The van der Waals surface area contributed by atoms with Crippen molar-refractivity contribution in [2.24, 2.45) is 5.73 Å². The van der Waals surface area contributed by atoms with Gasteiger partial charge in [0, 0.05) is 12.4 Å². The quantitative estimate of drug-likeness (QED) is 0.831. The summed E-state index contributed by atoms with van der Waals surface area (Å²) in [5.74, 6) is 0. The molecule has 0 aliphatic carbocycles. The summed E-state index contributed by atoms with van der Waals surface area (Å²) in [5, 5.41) is 0. The van der Waals surface area contributed by atoms with Crippen LogP contribution in [-0.4, -0.2) is 9.97 Å². The topological polar surface area (TPSA) is 51.8 Å². The van der Waals surface area contributed by atoms with E-state index in [1.165, 1.54) is 11.1 Å². The Hall–Kier alpha value is -1.74. The van der Waals surface area contributed by atoms with Crippen LogP contribution in [-0.2, 0) is 0 Å². The van der Waals surface area contributed by atoms with Crippen LogP contribution < -0.4 is 5.73 Å². The number of benzene rings is 1. The molecule has 0 aliphatic rings. The number of hydrogen-bond donors (Lipinski definition) is 1. The van der Waals surface area contributed by atoms with Gasteiger partial charge in [-0.05, 0) is 25.0 Å². The lowest BCUT2D eigenvalue weighted by Crippen LogP contribution is -2.15. The van der Waals surface area contributed by atoms with E-state index in [-0.39, 0.29) is 6.04 Å². The van der Waals surface area contributed by atoms with Crippen LogP contribution in [0.5, 0.6) is 0 Å². The summed E-state index contributed by atoms with van der Waals surface area (Å²) in [6.45, 7) is 4.14. The molecule has 2 aromatic rings. The first kappa shape index (κ1) is 10.8. The van der Waals surface area contributed by atoms with E-state index in [0.717, 1.165) is 11.3 Å². The SMILES string of the molecule is Cc1ccc(C(N)c2cnccn2)c(C)c1. The third-order valence-electron chi connectivity index (χ3n) is 2.66. The fourth-order valence-corrected chi connectivity index (χ4v) is 1.81. The zero-order valence-corrected chi connectivity index (χ0v) is 9.51. The van der Waals surface area contributed by atoms with Gasteiger partial charge in [-0.15, -0.1) is 0 Å². The standard InChI is InChI=1S/C13H15N3/c1-9-3-4-11(10(2)7-9)13(14)12-8-15-5-6-16-12/h3-8,13H,14H2,1-2H3. The summed E-state index contributed by atoms with van der Waals surface area (Å²) in [5.41, 5.74) is 10.5. The minimum atomic E-state index is -0.200. The Kier molecular flexibility index (Phi) is 2.97. The van der Waals surface area contributed by atoms with Gasteiger partial charge in [-0.1, -0.05) is 23.8 Å². The monoisotopic (exact) mass is 213 g/mol. The van der Waals surface area contributed by atoms with E-state index in [1.807, 2.05) is 0 Å². The summed E-state index contributed by atoms with van der Waals surface area (Å²) in [4.78, 5) is 8.27. The van der Waals surface area contributed by atoms with Gasteiger partial charge in [-0.25, -0.2) is 0 Å². The van der Waals surface area contributed by atoms with Gasteiger partial charge < -0.3 is 5.73 Å². The molecule has 0 radical (unpaired) electrons. The third-order valence-corrected chi connectivity index (χ3v) is 2.66. The van der Waals surface area contributed by atoms with E-state index in [0.29, 0.717) is 0 Å². The lowest BCUT2D eigenvalue weighted by Gasteiger charge is -2.14. The lowest BCUT2D eigenvalue weighted by atomic mass is 9.98. The smallest absolute Gasteiger partial charge is 0.0799 e. The summed E-state index contributed by atoms with van der Waals surface area (Å²) >= 11 is 0. The van der Waals surface area contributed by atoms with Crippen LogP contribution in [0.1, 0.15) is 28.4 Å². The Bertz CT molecular complexity index is 480. The van der Waals surface area contributed by atoms with Gasteiger partial charge in [0.1, 0.15) is 0 Å². The van der Waals surface area contributed by atoms with Crippen molar-refractivity contribution in [2.75, 3.05) is 0 Å². The molecule has 1 unspecified atom stereocenters. The van der Waals surface area contributed by atoms with E-state index in [2.05, 4.69) is 42.0 Å². The Balaban J connectivity index is 2.38. The van der Waals surface area contributed by atoms with Gasteiger partial charge in [-0.2, -0.15) is 0 Å². The van der Waals surface area contributed by atoms with Crippen LogP contribution >= 0.6 is 0 Å². The van der Waals surface area contributed by atoms with Gasteiger partial charge >= 0.3 is 0 Å². The maximum absolute atomic E-state index is 6.16. The second kappa shape index (κ2) is 4.41. The molecule has 82 valence electrons. The molecule has 0 saturated carbocycles. The molecule has 1 aromatic heterocycles. The maximum atomic E-state index is 6.16. The van der Waals surface area contributed by atoms with Crippen molar-refractivity contribution in [1.82, 2.24) is 9.97 Å². The number of aromatic nitrogens is 2. The predicted molar refractivity (Wildman–Crippen MR) is 64.0 cm³/mol. The summed E-state index contributed by atoms with van der Waals surface area (Å²) in [6, 6.07) is 6.06. The average molecular weight is 213 g/mol. The Labute approximate surface area is 95.4 Å². The highest BCUT2D eigenvalue weighted by atomic mass is 14.8. The van der Waals surface area contributed by atoms with E-state index in [4.69, 9.17) is 5.73 Å². The molecule has 1 aromatic carbocycles. The van der Waals surface area contributed by atoms with Crippen LogP contribution in [0.4, 0.5) is 0 Å². The summed E-state index contributed by atoms with van der Waals surface area (Å²) < 4.78 is 0. The molecule has 0 spiro atoms. The van der Waals surface area contributed by atoms with Crippen molar-refractivity contribution < 1.29 is 0 Å². The lowest BCUT2D eigenvalue weighted by molar-refractivity contribution is 0.810. The van der Waals surface area contributed by atoms with E-state index in [1.54, 1.807) is 18.6 Å². The van der Waals surface area contributed by atoms with Gasteiger partial charge in [0.2, 0.25) is 0 Å². The third kappa shape index (κ3) is 2.09. The number of hydrogen-bond acceptors (Lipinski definition) is 3. The highest BCUT2D eigenvalue weighted by molar-refractivity contribution is 5.36. The second-order valence-corrected chi connectivity index (χ2v) is 3.97. The number of rotatable bonds is 2. The fourth-order valence-electron chi connectivity index (χ4n) is 1.81. The minimum absolute atomic E-state index is 0.200. The Morgan fingerprint density at radius 3 is 2.62 bits per heavy atom. The zero-order valence-electron chi connectivity index (χ0n) is 9.51.